The lowest BCUT2D eigenvalue weighted by Crippen LogP contribution is -2.48. The van der Waals surface area contributed by atoms with Crippen LogP contribution in [0, 0.1) is 6.92 Å². The topological polar surface area (TPSA) is 61.4 Å². The first-order valence-electron chi connectivity index (χ1n) is 8.66. The third-order valence-corrected chi connectivity index (χ3v) is 4.06. The molecule has 0 atom stereocenters. The number of aryl methyl sites for hydroxylation is 1. The lowest BCUT2D eigenvalue weighted by atomic mass is 10.0. The molecule has 0 saturated carbocycles. The van der Waals surface area contributed by atoms with Gasteiger partial charge in [0.15, 0.2) is 0 Å². The van der Waals surface area contributed by atoms with E-state index in [1.54, 1.807) is 0 Å². The molecule has 1 rings (SSSR count). The average molecular weight is 333 g/mol. The van der Waals surface area contributed by atoms with Gasteiger partial charge in [0.05, 0.1) is 13.1 Å². The Morgan fingerprint density at radius 2 is 1.71 bits per heavy atom. The van der Waals surface area contributed by atoms with Gasteiger partial charge in [-0.25, -0.2) is 0 Å². The third-order valence-electron chi connectivity index (χ3n) is 4.06. The van der Waals surface area contributed by atoms with Gasteiger partial charge in [0, 0.05) is 11.2 Å². The van der Waals surface area contributed by atoms with Crippen LogP contribution in [0.15, 0.2) is 24.3 Å². The van der Waals surface area contributed by atoms with Gasteiger partial charge in [-0.15, -0.1) is 0 Å². The molecule has 2 N–H and O–H groups in total. The van der Waals surface area contributed by atoms with Crippen molar-refractivity contribution in [3.05, 3.63) is 29.8 Å². The maximum absolute atomic E-state index is 12.3. The molecule has 0 aliphatic rings. The molecule has 1 aromatic rings. The Balaban J connectivity index is 2.60. The van der Waals surface area contributed by atoms with Gasteiger partial charge in [0.1, 0.15) is 0 Å². The molecule has 24 heavy (non-hydrogen) atoms. The predicted octanol–water partition coefficient (Wildman–Crippen LogP) is 2.95. The van der Waals surface area contributed by atoms with Crippen LogP contribution in [0.4, 0.5) is 5.69 Å². The fourth-order valence-electron chi connectivity index (χ4n) is 2.34. The Bertz CT molecular complexity index is 555. The van der Waals surface area contributed by atoms with E-state index in [-0.39, 0.29) is 30.4 Å². The number of hydrogen-bond acceptors (Lipinski definition) is 3. The van der Waals surface area contributed by atoms with Gasteiger partial charge >= 0.3 is 0 Å². The van der Waals surface area contributed by atoms with Crippen LogP contribution in [0.1, 0.15) is 46.1 Å². The number of para-hydroxylation sites is 1. The smallest absolute Gasteiger partial charge is 0.238 e. The van der Waals surface area contributed by atoms with Crippen molar-refractivity contribution in [3.63, 3.8) is 0 Å². The maximum atomic E-state index is 12.3. The van der Waals surface area contributed by atoms with Crippen molar-refractivity contribution in [1.82, 2.24) is 10.2 Å². The fraction of sp³-hybridized carbons (Fsp3) is 0.579. The summed E-state index contributed by atoms with van der Waals surface area (Å²) in [4.78, 5) is 26.4. The highest BCUT2D eigenvalue weighted by atomic mass is 16.2. The molecule has 0 spiro atoms. The molecule has 0 fully saturated rings. The lowest BCUT2D eigenvalue weighted by molar-refractivity contribution is -0.124. The zero-order valence-electron chi connectivity index (χ0n) is 15.6. The van der Waals surface area contributed by atoms with E-state index >= 15 is 0 Å². The third kappa shape index (κ3) is 7.13. The highest BCUT2D eigenvalue weighted by molar-refractivity contribution is 5.93. The van der Waals surface area contributed by atoms with Gasteiger partial charge in [0.2, 0.25) is 11.8 Å². The summed E-state index contributed by atoms with van der Waals surface area (Å²) in [5.74, 6) is -0.140. The first-order valence-corrected chi connectivity index (χ1v) is 8.66. The SMILES string of the molecule is CCCN(CC(=O)Nc1ccccc1C)CC(=O)NC(C)(C)CC. The van der Waals surface area contributed by atoms with Gasteiger partial charge in [-0.1, -0.05) is 32.0 Å². The van der Waals surface area contributed by atoms with Crippen LogP contribution >= 0.6 is 0 Å². The van der Waals surface area contributed by atoms with Crippen molar-refractivity contribution in [3.8, 4) is 0 Å². The Hall–Kier alpha value is -1.88. The zero-order chi connectivity index (χ0) is 18.2. The molecule has 0 aromatic heterocycles. The second-order valence-electron chi connectivity index (χ2n) is 6.86. The molecule has 5 nitrogen and oxygen atoms in total. The second-order valence-corrected chi connectivity index (χ2v) is 6.86. The largest absolute Gasteiger partial charge is 0.350 e. The monoisotopic (exact) mass is 333 g/mol. The van der Waals surface area contributed by atoms with Crippen molar-refractivity contribution in [2.24, 2.45) is 0 Å². The normalized spacial score (nSPS) is 11.4. The second kappa shape index (κ2) is 9.42. The van der Waals surface area contributed by atoms with E-state index in [9.17, 15) is 9.59 Å². The molecule has 0 unspecified atom stereocenters. The highest BCUT2D eigenvalue weighted by Crippen LogP contribution is 2.13. The highest BCUT2D eigenvalue weighted by Gasteiger charge is 2.20. The van der Waals surface area contributed by atoms with E-state index in [0.717, 1.165) is 24.1 Å². The van der Waals surface area contributed by atoms with Crippen LogP contribution in [-0.2, 0) is 9.59 Å². The molecule has 0 radical (unpaired) electrons. The quantitative estimate of drug-likeness (QED) is 0.730. The van der Waals surface area contributed by atoms with E-state index in [1.165, 1.54) is 0 Å². The summed E-state index contributed by atoms with van der Waals surface area (Å²) >= 11 is 0. The van der Waals surface area contributed by atoms with E-state index in [1.807, 2.05) is 63.8 Å². The minimum absolute atomic E-state index is 0.0426. The van der Waals surface area contributed by atoms with Gasteiger partial charge in [-0.2, -0.15) is 0 Å². The van der Waals surface area contributed by atoms with Crippen LogP contribution in [-0.4, -0.2) is 41.9 Å². The minimum atomic E-state index is -0.224. The first kappa shape index (κ1) is 20.2. The summed E-state index contributed by atoms with van der Waals surface area (Å²) in [7, 11) is 0. The number of benzene rings is 1. The molecule has 2 amide bonds. The summed E-state index contributed by atoms with van der Waals surface area (Å²) in [5, 5.41) is 5.93. The molecule has 5 heteroatoms. The van der Waals surface area contributed by atoms with Gasteiger partial charge in [-0.05, 0) is 51.8 Å². The van der Waals surface area contributed by atoms with Crippen molar-refractivity contribution < 1.29 is 9.59 Å². The number of carbonyl (C=O) groups is 2. The molecule has 0 aliphatic heterocycles. The number of hydrogen-bond donors (Lipinski definition) is 2. The minimum Gasteiger partial charge on any atom is -0.350 e. The molecule has 0 heterocycles. The summed E-state index contributed by atoms with van der Waals surface area (Å²) in [5.41, 5.74) is 1.61. The Labute approximate surface area is 145 Å². The molecule has 0 aliphatic carbocycles. The maximum Gasteiger partial charge on any atom is 0.238 e. The van der Waals surface area contributed by atoms with Gasteiger partial charge in [-0.3, -0.25) is 14.5 Å². The standard InChI is InChI=1S/C19H31N3O2/c1-6-12-22(14-18(24)21-19(4,5)7-2)13-17(23)20-16-11-9-8-10-15(16)3/h8-11H,6-7,12-14H2,1-5H3,(H,20,23)(H,21,24). The number of nitrogens with zero attached hydrogens (tertiary/aromatic N) is 1. The molecular formula is C19H31N3O2. The number of anilines is 1. The molecule has 134 valence electrons. The fourth-order valence-corrected chi connectivity index (χ4v) is 2.34. The summed E-state index contributed by atoms with van der Waals surface area (Å²) in [6, 6.07) is 7.68. The van der Waals surface area contributed by atoms with E-state index in [0.29, 0.717) is 6.54 Å². The average Bonchev–Trinajstić information content (AvgIpc) is 2.49. The molecule has 1 aromatic carbocycles. The Morgan fingerprint density at radius 3 is 2.29 bits per heavy atom. The van der Waals surface area contributed by atoms with Crippen molar-refractivity contribution in [1.29, 1.82) is 0 Å². The Morgan fingerprint density at radius 1 is 1.08 bits per heavy atom. The van der Waals surface area contributed by atoms with Crippen molar-refractivity contribution in [2.45, 2.75) is 53.0 Å². The molecule has 0 bridgehead atoms. The molecular weight excluding hydrogens is 302 g/mol. The van der Waals surface area contributed by atoms with Crippen LogP contribution in [0.5, 0.6) is 0 Å². The number of amides is 2. The Kier molecular flexibility index (Phi) is 7.92. The van der Waals surface area contributed by atoms with Crippen molar-refractivity contribution >= 4 is 17.5 Å². The van der Waals surface area contributed by atoms with Crippen molar-refractivity contribution in [2.75, 3.05) is 25.0 Å². The van der Waals surface area contributed by atoms with Crippen LogP contribution in [0.2, 0.25) is 0 Å². The number of carbonyl (C=O) groups excluding carboxylic acids is 2. The van der Waals surface area contributed by atoms with Crippen LogP contribution < -0.4 is 10.6 Å². The van der Waals surface area contributed by atoms with Gasteiger partial charge in [0.25, 0.3) is 0 Å². The van der Waals surface area contributed by atoms with Crippen LogP contribution in [0.25, 0.3) is 0 Å². The number of rotatable bonds is 9. The first-order chi connectivity index (χ1) is 11.3. The summed E-state index contributed by atoms with van der Waals surface area (Å²) < 4.78 is 0. The van der Waals surface area contributed by atoms with E-state index in [2.05, 4.69) is 10.6 Å². The van der Waals surface area contributed by atoms with Gasteiger partial charge < -0.3 is 10.6 Å². The summed E-state index contributed by atoms with van der Waals surface area (Å²) in [6.45, 7) is 11.2. The van der Waals surface area contributed by atoms with Crippen LogP contribution in [0.3, 0.4) is 0 Å². The predicted molar refractivity (Wildman–Crippen MR) is 99.1 cm³/mol. The summed E-state index contributed by atoms with van der Waals surface area (Å²) in [6.07, 6.45) is 1.75. The van der Waals surface area contributed by atoms with E-state index in [4.69, 9.17) is 0 Å². The van der Waals surface area contributed by atoms with E-state index < -0.39 is 0 Å². The number of nitrogens with one attached hydrogen (secondary N) is 2. The zero-order valence-corrected chi connectivity index (χ0v) is 15.6. The lowest BCUT2D eigenvalue weighted by Gasteiger charge is -2.27. The molecule has 0 saturated heterocycles.